The summed E-state index contributed by atoms with van der Waals surface area (Å²) < 4.78 is 0. The van der Waals surface area contributed by atoms with Crippen LogP contribution >= 0.6 is 0 Å². The summed E-state index contributed by atoms with van der Waals surface area (Å²) in [7, 11) is 0. The van der Waals surface area contributed by atoms with Crippen LogP contribution in [-0.2, 0) is 5.54 Å². The first-order chi connectivity index (χ1) is 27.9. The monoisotopic (exact) mass is 730 g/mol. The van der Waals surface area contributed by atoms with Crippen molar-refractivity contribution in [2.24, 2.45) is 0 Å². The molecule has 1 aliphatic rings. The first-order valence-electron chi connectivity index (χ1n) is 20.0. The Labute approximate surface area is 333 Å². The van der Waals surface area contributed by atoms with Crippen molar-refractivity contribution in [1.29, 1.82) is 0 Å². The highest BCUT2D eigenvalue weighted by atomic mass is 15.1. The second kappa shape index (κ2) is 12.6. The summed E-state index contributed by atoms with van der Waals surface area (Å²) in [6, 6.07) is 59.0. The van der Waals surface area contributed by atoms with Gasteiger partial charge in [-0.3, -0.25) is 0 Å². The van der Waals surface area contributed by atoms with Crippen LogP contribution in [0.1, 0.15) is 39.8 Å². The third-order valence-corrected chi connectivity index (χ3v) is 12.6. The van der Waals surface area contributed by atoms with E-state index < -0.39 is 5.54 Å². The second-order valence-corrected chi connectivity index (χ2v) is 16.1. The van der Waals surface area contributed by atoms with Gasteiger partial charge in [0.2, 0.25) is 0 Å². The van der Waals surface area contributed by atoms with Crippen molar-refractivity contribution in [3.8, 4) is 0 Å². The Morgan fingerprint density at radius 3 is 1.75 bits per heavy atom. The van der Waals surface area contributed by atoms with Gasteiger partial charge >= 0.3 is 0 Å². The number of nitrogens with zero attached hydrogens (tertiary/aromatic N) is 1. The Kier molecular flexibility index (Phi) is 7.37. The fraction of sp³-hybridized carbons (Fsp3) is 0.0909. The standard InChI is InChI=1S/C55H42N2/c1-5-37-18-26-41(27-19-37)57(40-24-16-36(4)17-25-40)52-29-28-44-49-33-48-43-9-7-11-51-54(43)45(50(48)32-47(49)42-8-6-10-46(52)53(42)44)30-31-55(51,38-20-12-34(2)13-21-38)56-39-22-14-35(3)15-23-39/h5-30,32-33,56H,1,31H2,2-4H3. The molecule has 0 saturated heterocycles. The molecule has 10 aromatic rings. The maximum absolute atomic E-state index is 4.08. The molecule has 0 heterocycles. The number of hydrogen-bond acceptors (Lipinski definition) is 2. The molecule has 1 N–H and O–H groups in total. The van der Waals surface area contributed by atoms with Crippen LogP contribution in [0.4, 0.5) is 22.7 Å². The van der Waals surface area contributed by atoms with Gasteiger partial charge in [-0.25, -0.2) is 0 Å². The molecule has 11 rings (SSSR count). The van der Waals surface area contributed by atoms with E-state index in [1.807, 2.05) is 6.08 Å². The number of hydrogen-bond donors (Lipinski definition) is 1. The van der Waals surface area contributed by atoms with Crippen molar-refractivity contribution in [2.45, 2.75) is 32.7 Å². The van der Waals surface area contributed by atoms with E-state index in [0.717, 1.165) is 29.0 Å². The molecule has 1 unspecified atom stereocenters. The predicted octanol–water partition coefficient (Wildman–Crippen LogP) is 14.2. The number of anilines is 4. The molecule has 2 nitrogen and oxygen atoms in total. The van der Waals surface area contributed by atoms with Crippen molar-refractivity contribution in [1.82, 2.24) is 0 Å². The predicted molar refractivity (Wildman–Crippen MR) is 246 cm³/mol. The van der Waals surface area contributed by atoms with Gasteiger partial charge in [0.15, 0.2) is 0 Å². The molecule has 0 bridgehead atoms. The number of benzene rings is 8. The van der Waals surface area contributed by atoms with Gasteiger partial charge in [0.25, 0.3) is 0 Å². The minimum absolute atomic E-state index is 0.410. The molecular formula is C55H42N2. The number of rotatable bonds is 7. The zero-order valence-corrected chi connectivity index (χ0v) is 32.5. The molecule has 0 amide bonds. The van der Waals surface area contributed by atoms with Crippen LogP contribution in [0.25, 0.3) is 66.0 Å². The fourth-order valence-electron chi connectivity index (χ4n) is 9.73. The van der Waals surface area contributed by atoms with Crippen LogP contribution in [0, 0.1) is 20.8 Å². The van der Waals surface area contributed by atoms with E-state index in [1.165, 1.54) is 92.6 Å². The lowest BCUT2D eigenvalue weighted by Crippen LogP contribution is -2.39. The van der Waals surface area contributed by atoms with E-state index >= 15 is 0 Å². The zero-order chi connectivity index (χ0) is 38.4. The van der Waals surface area contributed by atoms with Gasteiger partial charge in [-0.05, 0) is 152 Å². The van der Waals surface area contributed by atoms with E-state index in [-0.39, 0.29) is 0 Å². The number of aryl methyl sites for hydroxylation is 3. The van der Waals surface area contributed by atoms with Gasteiger partial charge in [-0.2, -0.15) is 0 Å². The molecule has 1 atom stereocenters. The summed E-state index contributed by atoms with van der Waals surface area (Å²) in [5.74, 6) is 0. The van der Waals surface area contributed by atoms with Gasteiger partial charge in [0, 0.05) is 22.4 Å². The number of nitrogens with one attached hydrogen (secondary N) is 1. The molecule has 0 spiro atoms. The third-order valence-electron chi connectivity index (χ3n) is 12.6. The van der Waals surface area contributed by atoms with Crippen molar-refractivity contribution < 1.29 is 0 Å². The largest absolute Gasteiger partial charge is 0.371 e. The lowest BCUT2D eigenvalue weighted by molar-refractivity contribution is 0.614. The lowest BCUT2D eigenvalue weighted by Gasteiger charge is -2.39. The molecule has 0 aliphatic heterocycles. The maximum Gasteiger partial charge on any atom is 0.0920 e. The van der Waals surface area contributed by atoms with Crippen molar-refractivity contribution in [2.75, 3.05) is 10.2 Å². The summed E-state index contributed by atoms with van der Waals surface area (Å²) >= 11 is 0. The highest BCUT2D eigenvalue weighted by Gasteiger charge is 2.38. The van der Waals surface area contributed by atoms with Crippen LogP contribution in [0.2, 0.25) is 0 Å². The average molecular weight is 731 g/mol. The Hall–Kier alpha value is -6.90. The normalized spacial score (nSPS) is 15.1. The summed E-state index contributed by atoms with van der Waals surface area (Å²) in [6.07, 6.45) is 5.25. The van der Waals surface area contributed by atoms with Crippen LogP contribution in [0.5, 0.6) is 0 Å². The minimum atomic E-state index is -0.410. The first kappa shape index (κ1) is 33.4. The van der Waals surface area contributed by atoms with Gasteiger partial charge in [-0.15, -0.1) is 0 Å². The minimum Gasteiger partial charge on any atom is -0.371 e. The average Bonchev–Trinajstić information content (AvgIpc) is 3.74. The van der Waals surface area contributed by atoms with Crippen LogP contribution in [0.3, 0.4) is 0 Å². The molecule has 0 saturated carbocycles. The summed E-state index contributed by atoms with van der Waals surface area (Å²) in [5.41, 5.74) is 11.6. The fourth-order valence-corrected chi connectivity index (χ4v) is 9.73. The Bertz CT molecular complexity index is 3250. The lowest BCUT2D eigenvalue weighted by atomic mass is 9.75. The van der Waals surface area contributed by atoms with E-state index in [4.69, 9.17) is 0 Å². The topological polar surface area (TPSA) is 15.3 Å². The van der Waals surface area contributed by atoms with E-state index in [0.29, 0.717) is 0 Å². The molecule has 2 heteroatoms. The van der Waals surface area contributed by atoms with Crippen molar-refractivity contribution in [3.05, 3.63) is 203 Å². The summed E-state index contributed by atoms with van der Waals surface area (Å²) in [5, 5.41) is 18.5. The molecule has 1 aliphatic carbocycles. The summed E-state index contributed by atoms with van der Waals surface area (Å²) in [6.45, 7) is 10.5. The van der Waals surface area contributed by atoms with Crippen molar-refractivity contribution in [3.63, 3.8) is 0 Å². The van der Waals surface area contributed by atoms with E-state index in [2.05, 4.69) is 201 Å². The Balaban J connectivity index is 1.14. The Morgan fingerprint density at radius 2 is 1.07 bits per heavy atom. The zero-order valence-electron chi connectivity index (χ0n) is 32.5. The quantitative estimate of drug-likeness (QED) is 0.176. The van der Waals surface area contributed by atoms with Gasteiger partial charge in [0.05, 0.1) is 11.2 Å². The van der Waals surface area contributed by atoms with Crippen LogP contribution in [-0.4, -0.2) is 0 Å². The van der Waals surface area contributed by atoms with E-state index in [9.17, 15) is 0 Å². The smallest absolute Gasteiger partial charge is 0.0920 e. The molecule has 0 radical (unpaired) electrons. The van der Waals surface area contributed by atoms with Gasteiger partial charge in [0.1, 0.15) is 0 Å². The summed E-state index contributed by atoms with van der Waals surface area (Å²) in [4.78, 5) is 2.40. The molecular weight excluding hydrogens is 689 g/mol. The third kappa shape index (κ3) is 5.03. The molecule has 10 aromatic carbocycles. The highest BCUT2D eigenvalue weighted by Crippen LogP contribution is 2.49. The molecule has 272 valence electrons. The second-order valence-electron chi connectivity index (χ2n) is 16.1. The SMILES string of the molecule is C=Cc1ccc(N(c2ccc(C)cc2)c2ccc3c4cc5c(cc4c4cccc2c43)c2c3c(cccc35)C(Nc3ccc(C)cc3)(c3ccc(C)cc3)CC=2)cc1. The van der Waals surface area contributed by atoms with Gasteiger partial charge < -0.3 is 10.2 Å². The van der Waals surface area contributed by atoms with Crippen molar-refractivity contribution >= 4 is 88.8 Å². The first-order valence-corrected chi connectivity index (χ1v) is 20.0. The van der Waals surface area contributed by atoms with E-state index in [1.54, 1.807) is 0 Å². The molecule has 57 heavy (non-hydrogen) atoms. The van der Waals surface area contributed by atoms with Crippen LogP contribution in [0.15, 0.2) is 164 Å². The highest BCUT2D eigenvalue weighted by molar-refractivity contribution is 6.34. The molecule has 0 fully saturated rings. The number of fused-ring (bicyclic) bond motifs is 6. The molecule has 0 aromatic heterocycles. The Morgan fingerprint density at radius 1 is 0.526 bits per heavy atom. The maximum atomic E-state index is 4.08. The van der Waals surface area contributed by atoms with Crippen LogP contribution < -0.4 is 15.4 Å². The van der Waals surface area contributed by atoms with Gasteiger partial charge in [-0.1, -0.05) is 139 Å².